The molecule has 2 rings (SSSR count). The van der Waals surface area contributed by atoms with Gasteiger partial charge in [0.1, 0.15) is 5.75 Å². The fourth-order valence-electron chi connectivity index (χ4n) is 1.90. The molecule has 1 unspecified atom stereocenters. The highest BCUT2D eigenvalue weighted by Gasteiger charge is 2.21. The number of fused-ring (bicyclic) bond motifs is 1. The maximum Gasteiger partial charge on any atom is 0.142 e. The molecule has 1 N–H and O–H groups in total. The Morgan fingerprint density at radius 1 is 1.36 bits per heavy atom. The molecule has 0 aromatic heterocycles. The van der Waals surface area contributed by atoms with Crippen molar-refractivity contribution in [3.8, 4) is 5.75 Å². The summed E-state index contributed by atoms with van der Waals surface area (Å²) in [6, 6.07) is 6.04. The van der Waals surface area contributed by atoms with E-state index in [-0.39, 0.29) is 6.10 Å². The molecule has 1 aromatic carbocycles. The van der Waals surface area contributed by atoms with Crippen LogP contribution in [0.15, 0.2) is 18.2 Å². The smallest absolute Gasteiger partial charge is 0.142 e. The molecule has 0 bridgehead atoms. The van der Waals surface area contributed by atoms with Crippen molar-refractivity contribution in [2.45, 2.75) is 12.5 Å². The lowest BCUT2D eigenvalue weighted by Gasteiger charge is -2.26. The van der Waals surface area contributed by atoms with Crippen LogP contribution in [-0.2, 0) is 4.74 Å². The zero-order valence-electron chi connectivity index (χ0n) is 8.54. The third-order valence-electron chi connectivity index (χ3n) is 2.62. The van der Waals surface area contributed by atoms with E-state index >= 15 is 0 Å². The largest absolute Gasteiger partial charge is 0.495 e. The molecule has 76 valence electrons. The summed E-state index contributed by atoms with van der Waals surface area (Å²) in [5.41, 5.74) is 2.27. The van der Waals surface area contributed by atoms with E-state index in [1.807, 2.05) is 12.1 Å². The van der Waals surface area contributed by atoms with Crippen LogP contribution in [0.4, 0.5) is 5.69 Å². The Labute approximate surface area is 84.0 Å². The molecule has 14 heavy (non-hydrogen) atoms. The van der Waals surface area contributed by atoms with Crippen LogP contribution in [0.1, 0.15) is 18.1 Å². The Morgan fingerprint density at radius 3 is 2.93 bits per heavy atom. The van der Waals surface area contributed by atoms with Crippen molar-refractivity contribution in [2.75, 3.05) is 26.1 Å². The normalized spacial score (nSPS) is 19.7. The van der Waals surface area contributed by atoms with E-state index in [1.165, 1.54) is 5.56 Å². The molecule has 1 atom stereocenters. The minimum absolute atomic E-state index is 0.196. The van der Waals surface area contributed by atoms with Crippen molar-refractivity contribution in [1.29, 1.82) is 0 Å². The van der Waals surface area contributed by atoms with Crippen LogP contribution >= 0.6 is 0 Å². The first-order valence-corrected chi connectivity index (χ1v) is 4.80. The highest BCUT2D eigenvalue weighted by Crippen LogP contribution is 2.37. The van der Waals surface area contributed by atoms with Crippen molar-refractivity contribution < 1.29 is 9.47 Å². The van der Waals surface area contributed by atoms with Gasteiger partial charge in [-0.3, -0.25) is 0 Å². The van der Waals surface area contributed by atoms with E-state index < -0.39 is 0 Å². The number of nitrogens with one attached hydrogen (secondary N) is 1. The third-order valence-corrected chi connectivity index (χ3v) is 2.62. The number of hydrogen-bond acceptors (Lipinski definition) is 3. The van der Waals surface area contributed by atoms with Crippen LogP contribution < -0.4 is 10.1 Å². The van der Waals surface area contributed by atoms with Gasteiger partial charge < -0.3 is 14.8 Å². The second kappa shape index (κ2) is 3.88. The molecular weight excluding hydrogens is 178 g/mol. The molecule has 1 aliphatic rings. The second-order valence-corrected chi connectivity index (χ2v) is 3.36. The monoisotopic (exact) mass is 193 g/mol. The van der Waals surface area contributed by atoms with Crippen molar-refractivity contribution in [3.63, 3.8) is 0 Å². The molecule has 0 aliphatic carbocycles. The summed E-state index contributed by atoms with van der Waals surface area (Å²) in [6.45, 7) is 0.936. The van der Waals surface area contributed by atoms with Crippen LogP contribution in [0.2, 0.25) is 0 Å². The van der Waals surface area contributed by atoms with Crippen molar-refractivity contribution >= 4 is 5.69 Å². The van der Waals surface area contributed by atoms with E-state index in [4.69, 9.17) is 9.47 Å². The zero-order valence-corrected chi connectivity index (χ0v) is 8.54. The molecule has 3 nitrogen and oxygen atoms in total. The molecule has 0 saturated carbocycles. The Balaban J connectivity index is 2.43. The third kappa shape index (κ3) is 1.44. The van der Waals surface area contributed by atoms with Gasteiger partial charge in [0, 0.05) is 19.2 Å². The van der Waals surface area contributed by atoms with Crippen LogP contribution in [0, 0.1) is 0 Å². The average Bonchev–Trinajstić information content (AvgIpc) is 2.27. The molecule has 1 heterocycles. The summed E-state index contributed by atoms with van der Waals surface area (Å²) in [7, 11) is 3.44. The molecule has 0 amide bonds. The van der Waals surface area contributed by atoms with Gasteiger partial charge in [-0.25, -0.2) is 0 Å². The number of rotatable bonds is 2. The van der Waals surface area contributed by atoms with Gasteiger partial charge in [0.15, 0.2) is 0 Å². The quantitative estimate of drug-likeness (QED) is 0.781. The summed E-state index contributed by atoms with van der Waals surface area (Å²) in [4.78, 5) is 0. The van der Waals surface area contributed by atoms with Gasteiger partial charge in [-0.1, -0.05) is 12.1 Å². The lowest BCUT2D eigenvalue weighted by atomic mass is 10.00. The molecule has 3 heteroatoms. The average molecular weight is 193 g/mol. The number of methoxy groups -OCH3 is 2. The first-order valence-electron chi connectivity index (χ1n) is 4.80. The maximum atomic E-state index is 5.42. The Hall–Kier alpha value is -1.22. The van der Waals surface area contributed by atoms with Crippen LogP contribution in [0.3, 0.4) is 0 Å². The summed E-state index contributed by atoms with van der Waals surface area (Å²) < 4.78 is 10.7. The van der Waals surface area contributed by atoms with Gasteiger partial charge in [0.2, 0.25) is 0 Å². The lowest BCUT2D eigenvalue weighted by molar-refractivity contribution is 0.0962. The molecule has 1 aliphatic heterocycles. The van der Waals surface area contributed by atoms with E-state index in [0.717, 1.165) is 24.4 Å². The predicted octanol–water partition coefficient (Wildman–Crippen LogP) is 2.20. The van der Waals surface area contributed by atoms with Gasteiger partial charge in [-0.15, -0.1) is 0 Å². The van der Waals surface area contributed by atoms with Gasteiger partial charge in [-0.05, 0) is 12.5 Å². The molecule has 0 fully saturated rings. The second-order valence-electron chi connectivity index (χ2n) is 3.36. The zero-order chi connectivity index (χ0) is 9.97. The lowest BCUT2D eigenvalue weighted by Crippen LogP contribution is -2.18. The highest BCUT2D eigenvalue weighted by atomic mass is 16.5. The first kappa shape index (κ1) is 9.34. The molecule has 0 saturated heterocycles. The summed E-state index contributed by atoms with van der Waals surface area (Å²) >= 11 is 0. The number of para-hydroxylation sites is 1. The minimum Gasteiger partial charge on any atom is -0.495 e. The van der Waals surface area contributed by atoms with Crippen molar-refractivity contribution in [1.82, 2.24) is 0 Å². The maximum absolute atomic E-state index is 5.42. The molecule has 0 radical (unpaired) electrons. The Kier molecular flexibility index (Phi) is 2.59. The summed E-state index contributed by atoms with van der Waals surface area (Å²) in [5.74, 6) is 0.893. The minimum atomic E-state index is 0.196. The molecule has 0 spiro atoms. The van der Waals surface area contributed by atoms with Gasteiger partial charge in [-0.2, -0.15) is 0 Å². The molecule has 1 aromatic rings. The van der Waals surface area contributed by atoms with E-state index in [9.17, 15) is 0 Å². The fraction of sp³-hybridized carbons (Fsp3) is 0.455. The van der Waals surface area contributed by atoms with E-state index in [2.05, 4.69) is 11.4 Å². The summed E-state index contributed by atoms with van der Waals surface area (Å²) in [5, 5.41) is 3.34. The van der Waals surface area contributed by atoms with E-state index in [0.29, 0.717) is 0 Å². The van der Waals surface area contributed by atoms with Gasteiger partial charge >= 0.3 is 0 Å². The van der Waals surface area contributed by atoms with Gasteiger partial charge in [0.05, 0.1) is 18.9 Å². The number of ether oxygens (including phenoxy) is 2. The van der Waals surface area contributed by atoms with Crippen LogP contribution in [0.25, 0.3) is 0 Å². The Bertz CT molecular complexity index is 325. The SMILES string of the molecule is COc1cccc2c1NCCC2OC. The first-order chi connectivity index (χ1) is 6.86. The topological polar surface area (TPSA) is 30.5 Å². The number of anilines is 1. The number of benzene rings is 1. The predicted molar refractivity (Wildman–Crippen MR) is 55.9 cm³/mol. The van der Waals surface area contributed by atoms with Crippen LogP contribution in [0.5, 0.6) is 5.75 Å². The Morgan fingerprint density at radius 2 is 2.21 bits per heavy atom. The van der Waals surface area contributed by atoms with Gasteiger partial charge in [0.25, 0.3) is 0 Å². The van der Waals surface area contributed by atoms with Crippen LogP contribution in [-0.4, -0.2) is 20.8 Å². The van der Waals surface area contributed by atoms with Crippen molar-refractivity contribution in [2.24, 2.45) is 0 Å². The molecular formula is C11H15NO2. The standard InChI is InChI=1S/C11H15NO2/c1-13-9-6-7-12-11-8(9)4-3-5-10(11)14-2/h3-5,9,12H,6-7H2,1-2H3. The van der Waals surface area contributed by atoms with E-state index in [1.54, 1.807) is 14.2 Å². The van der Waals surface area contributed by atoms with Crippen molar-refractivity contribution in [3.05, 3.63) is 23.8 Å². The fourth-order valence-corrected chi connectivity index (χ4v) is 1.90. The summed E-state index contributed by atoms with van der Waals surface area (Å²) in [6.07, 6.45) is 1.21. The number of hydrogen-bond donors (Lipinski definition) is 1. The highest BCUT2D eigenvalue weighted by molar-refractivity contribution is 5.64.